The van der Waals surface area contributed by atoms with Gasteiger partial charge in [0.2, 0.25) is 0 Å². The molecule has 2 aromatic heterocycles. The van der Waals surface area contributed by atoms with E-state index in [4.69, 9.17) is 9.47 Å². The van der Waals surface area contributed by atoms with Crippen LogP contribution in [-0.4, -0.2) is 32.8 Å². The van der Waals surface area contributed by atoms with Gasteiger partial charge < -0.3 is 9.47 Å². The fourth-order valence-corrected chi connectivity index (χ4v) is 3.33. The van der Waals surface area contributed by atoms with Crippen LogP contribution in [0, 0.1) is 0 Å². The van der Waals surface area contributed by atoms with Gasteiger partial charge in [0, 0.05) is 18.3 Å². The van der Waals surface area contributed by atoms with Gasteiger partial charge in [0.05, 0.1) is 13.7 Å². The highest BCUT2D eigenvalue weighted by molar-refractivity contribution is 5.75. The van der Waals surface area contributed by atoms with Crippen LogP contribution in [-0.2, 0) is 13.1 Å². The monoisotopic (exact) mass is 418 g/mol. The van der Waals surface area contributed by atoms with Crippen LogP contribution < -0.4 is 20.7 Å². The maximum absolute atomic E-state index is 13.0. The highest BCUT2D eigenvalue weighted by Crippen LogP contribution is 2.20. The average Bonchev–Trinajstić information content (AvgIpc) is 2.82. The summed E-state index contributed by atoms with van der Waals surface area (Å²) in [6.45, 7) is 2.53. The van der Waals surface area contributed by atoms with Crippen LogP contribution >= 0.6 is 0 Å². The zero-order valence-electron chi connectivity index (χ0n) is 17.3. The number of ether oxygens (including phenoxy) is 2. The molecule has 31 heavy (non-hydrogen) atoms. The normalized spacial score (nSPS) is 10.9. The second-order valence-corrected chi connectivity index (χ2v) is 6.80. The van der Waals surface area contributed by atoms with Gasteiger partial charge in [0.25, 0.3) is 5.56 Å². The highest BCUT2D eigenvalue weighted by Gasteiger charge is 2.15. The van der Waals surface area contributed by atoms with E-state index in [2.05, 4.69) is 9.97 Å². The second-order valence-electron chi connectivity index (χ2n) is 6.80. The largest absolute Gasteiger partial charge is 0.497 e. The first-order valence-electron chi connectivity index (χ1n) is 9.95. The molecule has 0 saturated heterocycles. The molecule has 0 fully saturated rings. The Morgan fingerprint density at radius 1 is 0.935 bits per heavy atom. The molecule has 2 aromatic carbocycles. The summed E-state index contributed by atoms with van der Waals surface area (Å²) in [5, 5.41) is 0.290. The lowest BCUT2D eigenvalue weighted by Gasteiger charge is -2.13. The summed E-state index contributed by atoms with van der Waals surface area (Å²) >= 11 is 0. The lowest BCUT2D eigenvalue weighted by molar-refractivity contribution is 0.292. The third kappa shape index (κ3) is 4.05. The number of hydrogen-bond acceptors (Lipinski definition) is 6. The number of para-hydroxylation sites is 1. The molecule has 158 valence electrons. The number of nitrogens with zero attached hydrogens (tertiary/aromatic N) is 4. The fourth-order valence-electron chi connectivity index (χ4n) is 3.33. The average molecular weight is 418 g/mol. The van der Waals surface area contributed by atoms with Gasteiger partial charge in [-0.05, 0) is 43.3 Å². The predicted molar refractivity (Wildman–Crippen MR) is 118 cm³/mol. The summed E-state index contributed by atoms with van der Waals surface area (Å²) in [6, 6.07) is 16.5. The van der Waals surface area contributed by atoms with E-state index in [1.54, 1.807) is 19.2 Å². The molecule has 0 amide bonds. The van der Waals surface area contributed by atoms with Gasteiger partial charge in [-0.2, -0.15) is 0 Å². The van der Waals surface area contributed by atoms with Crippen LogP contribution in [0.25, 0.3) is 22.4 Å². The Morgan fingerprint density at radius 2 is 1.68 bits per heavy atom. The van der Waals surface area contributed by atoms with E-state index in [0.29, 0.717) is 29.2 Å². The smallest absolute Gasteiger partial charge is 0.332 e. The van der Waals surface area contributed by atoms with Crippen LogP contribution in [0.15, 0.2) is 70.4 Å². The Hall–Kier alpha value is -3.94. The quantitative estimate of drug-likeness (QED) is 0.459. The molecule has 0 N–H and O–H groups in total. The molecule has 4 rings (SSSR count). The summed E-state index contributed by atoms with van der Waals surface area (Å²) in [6.07, 6.45) is 1.48. The molecule has 0 spiro atoms. The first kappa shape index (κ1) is 20.3. The lowest BCUT2D eigenvalue weighted by Crippen LogP contribution is -2.41. The van der Waals surface area contributed by atoms with Gasteiger partial charge in [0.15, 0.2) is 11.5 Å². The molecule has 4 aromatic rings. The summed E-state index contributed by atoms with van der Waals surface area (Å²) < 4.78 is 13.5. The van der Waals surface area contributed by atoms with Gasteiger partial charge in [-0.1, -0.05) is 18.2 Å². The molecule has 0 radical (unpaired) electrons. The minimum atomic E-state index is -0.428. The lowest BCUT2D eigenvalue weighted by atomic mass is 10.2. The Morgan fingerprint density at radius 3 is 2.35 bits per heavy atom. The molecular weight excluding hydrogens is 396 g/mol. The van der Waals surface area contributed by atoms with Gasteiger partial charge >= 0.3 is 5.69 Å². The van der Waals surface area contributed by atoms with Crippen molar-refractivity contribution < 1.29 is 9.47 Å². The van der Waals surface area contributed by atoms with E-state index in [0.717, 1.165) is 11.3 Å². The van der Waals surface area contributed by atoms with Crippen molar-refractivity contribution in [3.8, 4) is 22.9 Å². The Balaban J connectivity index is 1.71. The van der Waals surface area contributed by atoms with Crippen molar-refractivity contribution in [2.75, 3.05) is 13.7 Å². The van der Waals surface area contributed by atoms with Crippen LogP contribution in [0.5, 0.6) is 11.5 Å². The van der Waals surface area contributed by atoms with Crippen LogP contribution in [0.4, 0.5) is 0 Å². The SMILES string of the molecule is CCn1c(=O)n(CCOc2ccccc2)c(=O)c2cnc(-c3ccc(OC)cc3)nc21. The molecule has 8 nitrogen and oxygen atoms in total. The van der Waals surface area contributed by atoms with E-state index < -0.39 is 11.2 Å². The number of hydrogen-bond donors (Lipinski definition) is 0. The van der Waals surface area contributed by atoms with Gasteiger partial charge in [-0.3, -0.25) is 13.9 Å². The molecule has 0 bridgehead atoms. The summed E-state index contributed by atoms with van der Waals surface area (Å²) in [4.78, 5) is 34.9. The van der Waals surface area contributed by atoms with Crippen molar-refractivity contribution in [3.05, 3.63) is 81.6 Å². The van der Waals surface area contributed by atoms with Crippen molar-refractivity contribution in [1.29, 1.82) is 0 Å². The molecule has 0 aliphatic carbocycles. The molecule has 0 atom stereocenters. The summed E-state index contributed by atoms with van der Waals surface area (Å²) in [7, 11) is 1.59. The van der Waals surface area contributed by atoms with Crippen molar-refractivity contribution in [2.24, 2.45) is 0 Å². The third-order valence-corrected chi connectivity index (χ3v) is 4.95. The van der Waals surface area contributed by atoms with Crippen molar-refractivity contribution in [3.63, 3.8) is 0 Å². The van der Waals surface area contributed by atoms with Crippen molar-refractivity contribution in [2.45, 2.75) is 20.0 Å². The molecule has 0 aliphatic rings. The minimum absolute atomic E-state index is 0.128. The number of fused-ring (bicyclic) bond motifs is 1. The highest BCUT2D eigenvalue weighted by atomic mass is 16.5. The van der Waals surface area contributed by atoms with E-state index in [1.807, 2.05) is 49.4 Å². The number of aryl methyl sites for hydroxylation is 1. The number of benzene rings is 2. The third-order valence-electron chi connectivity index (χ3n) is 4.95. The van der Waals surface area contributed by atoms with E-state index >= 15 is 0 Å². The topological polar surface area (TPSA) is 88.2 Å². The van der Waals surface area contributed by atoms with Crippen LogP contribution in [0.2, 0.25) is 0 Å². The number of aromatic nitrogens is 4. The number of rotatable bonds is 7. The molecule has 0 unspecified atom stereocenters. The number of methoxy groups -OCH3 is 1. The minimum Gasteiger partial charge on any atom is -0.497 e. The Labute approximate surface area is 178 Å². The molecule has 8 heteroatoms. The molecule has 0 saturated carbocycles. The second kappa shape index (κ2) is 8.83. The van der Waals surface area contributed by atoms with Crippen molar-refractivity contribution >= 4 is 11.0 Å². The first-order chi connectivity index (χ1) is 15.1. The van der Waals surface area contributed by atoms with E-state index in [-0.39, 0.29) is 13.2 Å². The summed E-state index contributed by atoms with van der Waals surface area (Å²) in [5.41, 5.74) is 0.232. The summed E-state index contributed by atoms with van der Waals surface area (Å²) in [5.74, 6) is 1.83. The maximum atomic E-state index is 13.0. The van der Waals surface area contributed by atoms with Crippen molar-refractivity contribution in [1.82, 2.24) is 19.1 Å². The maximum Gasteiger partial charge on any atom is 0.332 e. The van der Waals surface area contributed by atoms with E-state index in [1.165, 1.54) is 15.3 Å². The molecule has 0 aliphatic heterocycles. The standard InChI is InChI=1S/C23H22N4O4/c1-3-26-21-19(15-24-20(25-21)16-9-11-17(30-2)12-10-16)22(28)27(23(26)29)13-14-31-18-7-5-4-6-8-18/h4-12,15H,3,13-14H2,1-2H3. The zero-order chi connectivity index (χ0) is 21.8. The molecule has 2 heterocycles. The van der Waals surface area contributed by atoms with E-state index in [9.17, 15) is 9.59 Å². The van der Waals surface area contributed by atoms with Gasteiger partial charge in [-0.15, -0.1) is 0 Å². The zero-order valence-corrected chi connectivity index (χ0v) is 17.3. The Kier molecular flexibility index (Phi) is 5.79. The van der Waals surface area contributed by atoms with Crippen LogP contribution in [0.3, 0.4) is 0 Å². The van der Waals surface area contributed by atoms with Gasteiger partial charge in [-0.25, -0.2) is 14.8 Å². The van der Waals surface area contributed by atoms with Gasteiger partial charge in [0.1, 0.15) is 23.5 Å². The fraction of sp³-hybridized carbons (Fsp3) is 0.217. The first-order valence-corrected chi connectivity index (χ1v) is 9.95. The van der Waals surface area contributed by atoms with Crippen LogP contribution in [0.1, 0.15) is 6.92 Å². The molecular formula is C23H22N4O4. The predicted octanol–water partition coefficient (Wildman–Crippen LogP) is 2.73. The Bertz CT molecular complexity index is 1310.